The summed E-state index contributed by atoms with van der Waals surface area (Å²) in [6, 6.07) is 23.2. The number of rotatable bonds is 15. The van der Waals surface area contributed by atoms with Crippen LogP contribution in [0.2, 0.25) is 0 Å². The Morgan fingerprint density at radius 2 is 1.35 bits per heavy atom. The minimum Gasteiger partial charge on any atom is -0.497 e. The third-order valence-electron chi connectivity index (χ3n) is 9.55. The zero-order chi connectivity index (χ0) is 43.2. The summed E-state index contributed by atoms with van der Waals surface area (Å²) in [6.45, 7) is 5.58. The Bertz CT molecular complexity index is 2450. The predicted octanol–water partition coefficient (Wildman–Crippen LogP) is 6.09. The first-order chi connectivity index (χ1) is 28.5. The first-order valence-corrected chi connectivity index (χ1v) is 23.0. The second kappa shape index (κ2) is 18.8. The van der Waals surface area contributed by atoms with Crippen LogP contribution in [0.25, 0.3) is 11.4 Å². The molecule has 0 aliphatic carbocycles. The highest BCUT2D eigenvalue weighted by atomic mass is 127. The van der Waals surface area contributed by atoms with Gasteiger partial charge in [0.2, 0.25) is 25.9 Å². The van der Waals surface area contributed by atoms with E-state index in [4.69, 9.17) is 18.9 Å². The summed E-state index contributed by atoms with van der Waals surface area (Å²) < 4.78 is 86.3. The molecule has 0 saturated carbocycles. The number of halogens is 1. The van der Waals surface area contributed by atoms with Crippen LogP contribution >= 0.6 is 22.6 Å². The van der Waals surface area contributed by atoms with E-state index in [1.807, 2.05) is 34.7 Å². The molecule has 1 fully saturated rings. The highest BCUT2D eigenvalue weighted by Gasteiger charge is 2.39. The van der Waals surface area contributed by atoms with Crippen molar-refractivity contribution in [2.24, 2.45) is 0 Å². The van der Waals surface area contributed by atoms with E-state index in [1.54, 1.807) is 88.5 Å². The monoisotopic (exact) mass is 973 g/mol. The van der Waals surface area contributed by atoms with E-state index in [1.165, 1.54) is 40.4 Å². The van der Waals surface area contributed by atoms with Gasteiger partial charge in [-0.25, -0.2) is 26.4 Å². The summed E-state index contributed by atoms with van der Waals surface area (Å²) in [4.78, 5) is 14.7. The van der Waals surface area contributed by atoms with Crippen molar-refractivity contribution in [1.82, 2.24) is 34.1 Å². The van der Waals surface area contributed by atoms with Gasteiger partial charge in [-0.2, -0.15) is 9.10 Å². The lowest BCUT2D eigenvalue weighted by Crippen LogP contribution is -2.50. The number of hydrogen-bond acceptors (Lipinski definition) is 12. The third kappa shape index (κ3) is 10.9. The normalized spacial score (nSPS) is 14.9. The van der Waals surface area contributed by atoms with E-state index in [-0.39, 0.29) is 37.6 Å². The van der Waals surface area contributed by atoms with E-state index >= 15 is 8.42 Å². The number of benzene rings is 4. The summed E-state index contributed by atoms with van der Waals surface area (Å²) in [6.07, 6.45) is 0.330. The van der Waals surface area contributed by atoms with Crippen LogP contribution in [-0.2, 0) is 44.4 Å². The molecule has 1 aliphatic heterocycles. The van der Waals surface area contributed by atoms with Gasteiger partial charge in [-0.3, -0.25) is 0 Å². The number of piperidine rings is 1. The van der Waals surface area contributed by atoms with Crippen LogP contribution < -0.4 is 18.9 Å². The van der Waals surface area contributed by atoms with Gasteiger partial charge in [0.1, 0.15) is 32.6 Å². The second-order valence-electron chi connectivity index (χ2n) is 15.1. The van der Waals surface area contributed by atoms with Gasteiger partial charge >= 0.3 is 6.09 Å². The highest BCUT2D eigenvalue weighted by molar-refractivity contribution is 14.1. The van der Waals surface area contributed by atoms with Gasteiger partial charge in [-0.15, -0.1) is 10.2 Å². The number of carbonyl (C=O) groups excluding carboxylic acids is 1. The summed E-state index contributed by atoms with van der Waals surface area (Å²) >= 11 is 1.96. The Balaban J connectivity index is 1.47. The van der Waals surface area contributed by atoms with Crippen LogP contribution in [0.4, 0.5) is 4.79 Å². The van der Waals surface area contributed by atoms with Crippen molar-refractivity contribution in [3.05, 3.63) is 105 Å². The zero-order valence-corrected chi connectivity index (χ0v) is 38.0. The molecule has 0 bridgehead atoms. The molecule has 1 atom stereocenters. The van der Waals surface area contributed by atoms with Crippen molar-refractivity contribution in [2.45, 2.75) is 74.7 Å². The minimum absolute atomic E-state index is 0.0236. The van der Waals surface area contributed by atoms with Gasteiger partial charge in [0.25, 0.3) is 0 Å². The maximum absolute atomic E-state index is 15.5. The fourth-order valence-corrected chi connectivity index (χ4v) is 11.1. The van der Waals surface area contributed by atoms with Gasteiger partial charge in [-0.05, 0) is 127 Å². The number of likely N-dealkylation sites (tertiary alicyclic amines) is 1. The first kappa shape index (κ1) is 44.7. The van der Waals surface area contributed by atoms with Crippen molar-refractivity contribution in [3.63, 3.8) is 0 Å². The summed E-state index contributed by atoms with van der Waals surface area (Å²) in [7, 11) is -4.73. The van der Waals surface area contributed by atoms with E-state index in [9.17, 15) is 13.2 Å². The van der Waals surface area contributed by atoms with Crippen LogP contribution in [0.3, 0.4) is 0 Å². The average Bonchev–Trinajstić information content (AvgIpc) is 3.68. The number of aromatic nitrogens is 4. The number of hydrogen-bond donors (Lipinski definition) is 1. The minimum atomic E-state index is -4.76. The molecule has 0 spiro atoms. The molecule has 0 radical (unpaired) electrons. The molecule has 1 saturated heterocycles. The molecule has 1 unspecified atom stereocenters. The maximum atomic E-state index is 15.5. The standard InChI is InChI=1S/C41H48IN7O9S2/c1-41(2,3)58-40(50)47-23-7-8-31(27-47)45-59(51,52)36-22-21-35(42)37(39-43-46-49(44-39)26-30-13-19-34(57-6)20-14-30)38(36)60(53,54)48(24-28-9-15-32(55-4)16-10-28)25-29-11-17-33(56-5)18-12-29/h9-22,31,45H,7-8,23-27H2,1-6H3. The van der Waals surface area contributed by atoms with Crippen molar-refractivity contribution in [3.8, 4) is 28.6 Å². The van der Waals surface area contributed by atoms with Gasteiger partial charge in [0.15, 0.2) is 0 Å². The lowest BCUT2D eigenvalue weighted by molar-refractivity contribution is 0.0195. The second-order valence-corrected chi connectivity index (χ2v) is 19.8. The number of tetrazole rings is 1. The van der Waals surface area contributed by atoms with Gasteiger partial charge < -0.3 is 23.8 Å². The molecule has 6 rings (SSSR count). The zero-order valence-electron chi connectivity index (χ0n) is 34.2. The number of nitrogens with zero attached hydrogens (tertiary/aromatic N) is 6. The SMILES string of the molecule is COc1ccc(CN(Cc2ccc(OC)cc2)S(=O)(=O)c2c(S(=O)(=O)NC3CCCN(C(=O)OC(C)(C)C)C3)ccc(I)c2-c2nnn(Cc3ccc(OC)cc3)n2)cc1. The maximum Gasteiger partial charge on any atom is 0.410 e. The third-order valence-corrected chi connectivity index (χ3v) is 14.0. The summed E-state index contributed by atoms with van der Waals surface area (Å²) in [5.41, 5.74) is 1.28. The number of sulfonamides is 2. The number of nitrogens with one attached hydrogen (secondary N) is 1. The van der Waals surface area contributed by atoms with E-state index < -0.39 is 47.6 Å². The number of carbonyl (C=O) groups is 1. The Kier molecular flexibility index (Phi) is 14.0. The van der Waals surface area contributed by atoms with Gasteiger partial charge in [-0.1, -0.05) is 36.4 Å². The van der Waals surface area contributed by atoms with Crippen molar-refractivity contribution in [2.75, 3.05) is 34.4 Å². The quantitative estimate of drug-likeness (QED) is 0.119. The van der Waals surface area contributed by atoms with Crippen LogP contribution in [0.1, 0.15) is 50.3 Å². The largest absolute Gasteiger partial charge is 0.497 e. The van der Waals surface area contributed by atoms with Crippen molar-refractivity contribution in [1.29, 1.82) is 0 Å². The Labute approximate surface area is 364 Å². The predicted molar refractivity (Wildman–Crippen MR) is 232 cm³/mol. The Morgan fingerprint density at radius 3 is 1.87 bits per heavy atom. The van der Waals surface area contributed by atoms with Gasteiger partial charge in [0.05, 0.1) is 33.4 Å². The summed E-state index contributed by atoms with van der Waals surface area (Å²) in [5.74, 6) is 1.74. The average molecular weight is 974 g/mol. The molecule has 1 N–H and O–H groups in total. The molecule has 320 valence electrons. The first-order valence-electron chi connectivity index (χ1n) is 19.0. The molecule has 5 aromatic rings. The molecule has 1 amide bonds. The van der Waals surface area contributed by atoms with E-state index in [0.29, 0.717) is 51.3 Å². The molecule has 1 aromatic heterocycles. The lowest BCUT2D eigenvalue weighted by Gasteiger charge is -2.34. The number of amides is 1. The Hall–Kier alpha value is -4.83. The fraction of sp³-hybridized carbons (Fsp3) is 0.366. The summed E-state index contributed by atoms with van der Waals surface area (Å²) in [5, 5.41) is 13.1. The van der Waals surface area contributed by atoms with Crippen molar-refractivity contribution >= 4 is 48.7 Å². The molecule has 60 heavy (non-hydrogen) atoms. The van der Waals surface area contributed by atoms with Crippen LogP contribution in [0.15, 0.2) is 94.7 Å². The molecule has 2 heterocycles. The van der Waals surface area contributed by atoms with Crippen LogP contribution in [-0.4, -0.2) is 98.4 Å². The smallest absolute Gasteiger partial charge is 0.410 e. The fourth-order valence-electron chi connectivity index (χ4n) is 6.59. The topological polar surface area (TPSA) is 184 Å². The molecule has 1 aliphatic rings. The van der Waals surface area contributed by atoms with Crippen molar-refractivity contribution < 1.29 is 40.6 Å². The van der Waals surface area contributed by atoms with Gasteiger partial charge in [0, 0.05) is 35.8 Å². The van der Waals surface area contributed by atoms with E-state index in [2.05, 4.69) is 20.1 Å². The molecule has 16 nitrogen and oxygen atoms in total. The lowest BCUT2D eigenvalue weighted by atomic mass is 10.1. The van der Waals surface area contributed by atoms with Crippen LogP contribution in [0, 0.1) is 3.57 Å². The molecule has 4 aromatic carbocycles. The molecular formula is C41H48IN7O9S2. The highest BCUT2D eigenvalue weighted by Crippen LogP contribution is 2.38. The number of methoxy groups -OCH3 is 3. The number of ether oxygens (including phenoxy) is 4. The van der Waals surface area contributed by atoms with E-state index in [0.717, 1.165) is 5.56 Å². The van der Waals surface area contributed by atoms with Crippen LogP contribution in [0.5, 0.6) is 17.2 Å². The molecular weight excluding hydrogens is 926 g/mol. The molecule has 19 heteroatoms. The Morgan fingerprint density at radius 1 is 0.817 bits per heavy atom.